The zero-order chi connectivity index (χ0) is 13.1. The zero-order valence-corrected chi connectivity index (χ0v) is 10.6. The van der Waals surface area contributed by atoms with Gasteiger partial charge in [-0.2, -0.15) is 0 Å². The summed E-state index contributed by atoms with van der Waals surface area (Å²) in [5.74, 6) is -1.24. The average Bonchev–Trinajstić information content (AvgIpc) is 2.87. The second kappa shape index (κ2) is 5.46. The summed E-state index contributed by atoms with van der Waals surface area (Å²) in [5, 5.41) is 9.17. The van der Waals surface area contributed by atoms with Gasteiger partial charge in [0.15, 0.2) is 0 Å². The molecule has 2 rings (SSSR count). The third-order valence-corrected chi connectivity index (χ3v) is 3.67. The summed E-state index contributed by atoms with van der Waals surface area (Å²) in [5.41, 5.74) is 1.08. The summed E-state index contributed by atoms with van der Waals surface area (Å²) < 4.78 is 5.30. The number of nitrogens with zero attached hydrogens (tertiary/aromatic N) is 2. The Morgan fingerprint density at radius 2 is 2.39 bits per heavy atom. The van der Waals surface area contributed by atoms with E-state index in [2.05, 4.69) is 9.88 Å². The molecule has 0 aromatic carbocycles. The number of pyridine rings is 1. The number of aliphatic carboxylic acids is 1. The van der Waals surface area contributed by atoms with Crippen LogP contribution in [0.4, 0.5) is 0 Å². The number of likely N-dealkylation sites (N-methyl/N-ethyl adjacent to an activating group) is 1. The van der Waals surface area contributed by atoms with E-state index in [1.54, 1.807) is 6.20 Å². The summed E-state index contributed by atoms with van der Waals surface area (Å²) in [6.07, 6.45) is 3.54. The molecule has 98 valence electrons. The highest BCUT2D eigenvalue weighted by atomic mass is 16.5. The topological polar surface area (TPSA) is 62.7 Å². The van der Waals surface area contributed by atoms with Gasteiger partial charge in [-0.25, -0.2) is 0 Å². The third kappa shape index (κ3) is 2.52. The molecule has 3 unspecified atom stereocenters. The van der Waals surface area contributed by atoms with E-state index in [9.17, 15) is 4.79 Å². The Morgan fingerprint density at radius 3 is 3.00 bits per heavy atom. The van der Waals surface area contributed by atoms with Gasteiger partial charge in [0.2, 0.25) is 0 Å². The van der Waals surface area contributed by atoms with Crippen LogP contribution in [0.2, 0.25) is 0 Å². The molecule has 5 nitrogen and oxygen atoms in total. The highest BCUT2D eigenvalue weighted by Crippen LogP contribution is 2.26. The molecular weight excluding hydrogens is 232 g/mol. The Bertz CT molecular complexity index is 410. The average molecular weight is 250 g/mol. The molecule has 1 saturated heterocycles. The molecule has 0 spiro atoms. The van der Waals surface area contributed by atoms with Gasteiger partial charge in [-0.3, -0.25) is 14.7 Å². The number of carboxylic acids is 1. The summed E-state index contributed by atoms with van der Waals surface area (Å²) in [6, 6.07) is 3.92. The van der Waals surface area contributed by atoms with Crippen molar-refractivity contribution in [1.29, 1.82) is 0 Å². The van der Waals surface area contributed by atoms with E-state index in [4.69, 9.17) is 9.84 Å². The van der Waals surface area contributed by atoms with Gasteiger partial charge in [0.25, 0.3) is 0 Å². The van der Waals surface area contributed by atoms with Crippen LogP contribution in [-0.4, -0.2) is 47.3 Å². The standard InChI is InChI=1S/C13H18N2O3/c1-9(10-4-3-5-14-6-10)15(2)12-8-18-7-11(12)13(16)17/h3-6,9,11-12H,7-8H2,1-2H3,(H,16,17). The lowest BCUT2D eigenvalue weighted by molar-refractivity contribution is -0.143. The van der Waals surface area contributed by atoms with Gasteiger partial charge in [-0.15, -0.1) is 0 Å². The molecule has 0 radical (unpaired) electrons. The number of carboxylic acid groups (broad SMARTS) is 1. The van der Waals surface area contributed by atoms with Crippen molar-refractivity contribution in [3.63, 3.8) is 0 Å². The number of carbonyl (C=O) groups is 1. The van der Waals surface area contributed by atoms with Crippen molar-refractivity contribution in [2.24, 2.45) is 5.92 Å². The van der Waals surface area contributed by atoms with Crippen molar-refractivity contribution in [2.75, 3.05) is 20.3 Å². The van der Waals surface area contributed by atoms with Crippen molar-refractivity contribution in [2.45, 2.75) is 19.0 Å². The van der Waals surface area contributed by atoms with Crippen LogP contribution in [0.15, 0.2) is 24.5 Å². The Morgan fingerprint density at radius 1 is 1.61 bits per heavy atom. The number of hydrogen-bond acceptors (Lipinski definition) is 4. The molecule has 1 aliphatic rings. The Kier molecular flexibility index (Phi) is 3.93. The monoisotopic (exact) mass is 250 g/mol. The SMILES string of the molecule is CC(c1cccnc1)N(C)C1COCC1C(=O)O. The molecule has 1 fully saturated rings. The Labute approximate surface area is 106 Å². The molecule has 1 aromatic heterocycles. The van der Waals surface area contributed by atoms with E-state index in [1.165, 1.54) is 0 Å². The first kappa shape index (κ1) is 13.0. The molecule has 5 heteroatoms. The number of ether oxygens (including phenoxy) is 1. The summed E-state index contributed by atoms with van der Waals surface area (Å²) in [4.78, 5) is 17.3. The fourth-order valence-corrected chi connectivity index (χ4v) is 2.33. The molecular formula is C13H18N2O3. The maximum atomic E-state index is 11.2. The Hall–Kier alpha value is -1.46. The number of aromatic nitrogens is 1. The molecule has 18 heavy (non-hydrogen) atoms. The van der Waals surface area contributed by atoms with E-state index in [0.29, 0.717) is 13.2 Å². The number of rotatable bonds is 4. The van der Waals surface area contributed by atoms with Gasteiger partial charge >= 0.3 is 5.97 Å². The molecule has 0 bridgehead atoms. The predicted molar refractivity (Wildman–Crippen MR) is 66.1 cm³/mol. The summed E-state index contributed by atoms with van der Waals surface area (Å²) in [7, 11) is 1.94. The van der Waals surface area contributed by atoms with Gasteiger partial charge in [0, 0.05) is 24.5 Å². The minimum atomic E-state index is -0.789. The van der Waals surface area contributed by atoms with Gasteiger partial charge in [0.1, 0.15) is 0 Å². The molecule has 2 heterocycles. The number of hydrogen-bond donors (Lipinski definition) is 1. The highest BCUT2D eigenvalue weighted by molar-refractivity contribution is 5.71. The molecule has 0 saturated carbocycles. The van der Waals surface area contributed by atoms with E-state index < -0.39 is 11.9 Å². The molecule has 0 aliphatic carbocycles. The van der Waals surface area contributed by atoms with Crippen molar-refractivity contribution >= 4 is 5.97 Å². The largest absolute Gasteiger partial charge is 0.481 e. The van der Waals surface area contributed by atoms with Crippen molar-refractivity contribution < 1.29 is 14.6 Å². The minimum absolute atomic E-state index is 0.0855. The van der Waals surface area contributed by atoms with Crippen LogP contribution < -0.4 is 0 Å². The molecule has 1 aromatic rings. The molecule has 3 atom stereocenters. The van der Waals surface area contributed by atoms with Crippen LogP contribution >= 0.6 is 0 Å². The van der Waals surface area contributed by atoms with Crippen LogP contribution in [-0.2, 0) is 9.53 Å². The first-order valence-corrected chi connectivity index (χ1v) is 6.03. The van der Waals surface area contributed by atoms with Crippen LogP contribution in [0.3, 0.4) is 0 Å². The molecule has 0 amide bonds. The minimum Gasteiger partial charge on any atom is -0.481 e. The van der Waals surface area contributed by atoms with Gasteiger partial charge < -0.3 is 9.84 Å². The third-order valence-electron chi connectivity index (χ3n) is 3.67. The first-order chi connectivity index (χ1) is 8.61. The smallest absolute Gasteiger partial charge is 0.310 e. The van der Waals surface area contributed by atoms with E-state index >= 15 is 0 Å². The lowest BCUT2D eigenvalue weighted by Gasteiger charge is -2.31. The van der Waals surface area contributed by atoms with Crippen LogP contribution in [0, 0.1) is 5.92 Å². The predicted octanol–water partition coefficient (Wildman–Crippen LogP) is 1.17. The van der Waals surface area contributed by atoms with Crippen molar-refractivity contribution in [3.05, 3.63) is 30.1 Å². The van der Waals surface area contributed by atoms with E-state index in [0.717, 1.165) is 5.56 Å². The molecule has 1 aliphatic heterocycles. The van der Waals surface area contributed by atoms with Gasteiger partial charge in [0.05, 0.1) is 19.1 Å². The molecule has 1 N–H and O–H groups in total. The lowest BCUT2D eigenvalue weighted by Crippen LogP contribution is -2.42. The fraction of sp³-hybridized carbons (Fsp3) is 0.538. The van der Waals surface area contributed by atoms with E-state index in [-0.39, 0.29) is 12.1 Å². The lowest BCUT2D eigenvalue weighted by atomic mass is 9.99. The highest BCUT2D eigenvalue weighted by Gasteiger charge is 2.38. The normalized spacial score (nSPS) is 25.3. The van der Waals surface area contributed by atoms with Crippen LogP contribution in [0.25, 0.3) is 0 Å². The second-order valence-electron chi connectivity index (χ2n) is 4.68. The maximum Gasteiger partial charge on any atom is 0.310 e. The quantitative estimate of drug-likeness (QED) is 0.869. The second-order valence-corrected chi connectivity index (χ2v) is 4.68. The Balaban J connectivity index is 2.11. The maximum absolute atomic E-state index is 11.2. The van der Waals surface area contributed by atoms with Crippen LogP contribution in [0.1, 0.15) is 18.5 Å². The van der Waals surface area contributed by atoms with Gasteiger partial charge in [-0.1, -0.05) is 6.07 Å². The van der Waals surface area contributed by atoms with Crippen molar-refractivity contribution in [3.8, 4) is 0 Å². The summed E-state index contributed by atoms with van der Waals surface area (Å²) in [6.45, 7) is 2.82. The zero-order valence-electron chi connectivity index (χ0n) is 10.6. The van der Waals surface area contributed by atoms with Gasteiger partial charge in [-0.05, 0) is 25.6 Å². The van der Waals surface area contributed by atoms with Crippen LogP contribution in [0.5, 0.6) is 0 Å². The van der Waals surface area contributed by atoms with E-state index in [1.807, 2.05) is 32.3 Å². The summed E-state index contributed by atoms with van der Waals surface area (Å²) >= 11 is 0. The fourth-order valence-electron chi connectivity index (χ4n) is 2.33. The first-order valence-electron chi connectivity index (χ1n) is 6.03. The van der Waals surface area contributed by atoms with Crippen molar-refractivity contribution in [1.82, 2.24) is 9.88 Å².